The number of hydrogen-bond donors (Lipinski definition) is 3. The number of ether oxygens (including phenoxy) is 1. The van der Waals surface area contributed by atoms with Crippen LogP contribution in [0.15, 0.2) is 115 Å². The summed E-state index contributed by atoms with van der Waals surface area (Å²) in [5, 5.41) is 27.2. The van der Waals surface area contributed by atoms with Crippen LogP contribution in [0, 0.1) is 13.8 Å². The largest absolute Gasteiger partial charge is 0.506 e. The van der Waals surface area contributed by atoms with Gasteiger partial charge in [-0.3, -0.25) is 9.11 Å². The van der Waals surface area contributed by atoms with E-state index in [-0.39, 0.29) is 16.5 Å². The number of nitrogens with zero attached hydrogens (tertiary/aromatic N) is 4. The van der Waals surface area contributed by atoms with Gasteiger partial charge in [0.1, 0.15) is 22.1 Å². The first-order valence-corrected chi connectivity index (χ1v) is 16.7. The highest BCUT2D eigenvalue weighted by molar-refractivity contribution is 7.86. The Morgan fingerprint density at radius 2 is 1.26 bits per heavy atom. The van der Waals surface area contributed by atoms with E-state index in [1.807, 2.05) is 68.4 Å². The van der Waals surface area contributed by atoms with Gasteiger partial charge < -0.3 is 9.84 Å². The maximum absolute atomic E-state index is 12.2. The molecule has 14 heteroatoms. The summed E-state index contributed by atoms with van der Waals surface area (Å²) >= 11 is 0. The molecule has 0 aliphatic carbocycles. The van der Waals surface area contributed by atoms with Crippen molar-refractivity contribution >= 4 is 53.8 Å². The maximum Gasteiger partial charge on any atom is 0.295 e. The second-order valence-electron chi connectivity index (χ2n) is 10.2. The fourth-order valence-electron chi connectivity index (χ4n) is 4.71. The van der Waals surface area contributed by atoms with E-state index >= 15 is 0 Å². The lowest BCUT2D eigenvalue weighted by Gasteiger charge is -2.11. The first-order chi connectivity index (χ1) is 21.7. The molecule has 0 aromatic heterocycles. The standard InChI is InChI=1S/C32H28N4O8S2/c1-4-44-25-10-8-24(9-11-25)33-34-27-12-5-21(15-19(27)2)22-6-13-28(20(3)16-22)35-36-32-29(37)14-7-23-17-26(45(38,39)40)18-30(31(23)32)46(41,42)43/h5-18,37H,4H2,1-3H3,(H,38,39,40)(H,41,42,43)/b34-33+,36-35?. The molecular weight excluding hydrogens is 633 g/mol. The zero-order valence-electron chi connectivity index (χ0n) is 24.8. The Kier molecular flexibility index (Phi) is 8.99. The third-order valence-corrected chi connectivity index (χ3v) is 8.70. The average molecular weight is 661 g/mol. The van der Waals surface area contributed by atoms with Gasteiger partial charge in [-0.1, -0.05) is 18.2 Å². The molecular formula is C32H28N4O8S2. The first kappa shape index (κ1) is 32.4. The van der Waals surface area contributed by atoms with E-state index in [1.165, 1.54) is 6.07 Å². The molecule has 0 saturated carbocycles. The second kappa shape index (κ2) is 12.8. The van der Waals surface area contributed by atoms with Gasteiger partial charge in [0.05, 0.1) is 28.6 Å². The molecule has 12 nitrogen and oxygen atoms in total. The maximum atomic E-state index is 12.2. The smallest absolute Gasteiger partial charge is 0.295 e. The zero-order chi connectivity index (χ0) is 33.2. The van der Waals surface area contributed by atoms with Crippen molar-refractivity contribution in [3.63, 3.8) is 0 Å². The van der Waals surface area contributed by atoms with Gasteiger partial charge >= 0.3 is 0 Å². The van der Waals surface area contributed by atoms with Crippen LogP contribution in [-0.4, -0.2) is 37.7 Å². The summed E-state index contributed by atoms with van der Waals surface area (Å²) < 4.78 is 72.5. The number of aryl methyl sites for hydroxylation is 2. The lowest BCUT2D eigenvalue weighted by atomic mass is 10.0. The number of rotatable bonds is 9. The van der Waals surface area contributed by atoms with Crippen LogP contribution in [0.5, 0.6) is 11.5 Å². The number of phenolic OH excluding ortho intramolecular Hbond substituents is 1. The Balaban J connectivity index is 1.44. The molecule has 0 aliphatic rings. The van der Waals surface area contributed by atoms with Crippen molar-refractivity contribution < 1.29 is 35.8 Å². The quantitative estimate of drug-likeness (QED) is 0.104. The molecule has 5 aromatic rings. The van der Waals surface area contributed by atoms with Gasteiger partial charge in [0.15, 0.2) is 0 Å². The Hall–Kier alpha value is -5.02. The number of benzene rings is 5. The number of fused-ring (bicyclic) bond motifs is 1. The van der Waals surface area contributed by atoms with Gasteiger partial charge in [0, 0.05) is 5.39 Å². The minimum atomic E-state index is -5.01. The van der Waals surface area contributed by atoms with E-state index in [0.717, 1.165) is 34.6 Å². The molecule has 5 rings (SSSR count). The highest BCUT2D eigenvalue weighted by Crippen LogP contribution is 2.41. The van der Waals surface area contributed by atoms with E-state index in [1.54, 1.807) is 13.0 Å². The Morgan fingerprint density at radius 1 is 0.674 bits per heavy atom. The van der Waals surface area contributed by atoms with Gasteiger partial charge in [0.2, 0.25) is 0 Å². The lowest BCUT2D eigenvalue weighted by molar-refractivity contribution is 0.340. The lowest BCUT2D eigenvalue weighted by Crippen LogP contribution is -2.04. The SMILES string of the molecule is CCOc1ccc(/N=N/c2ccc(-c3ccc(N=Nc4c(O)ccc5cc(S(=O)(=O)O)cc(S(=O)(=O)O)c45)c(C)c3)cc2C)cc1. The van der Waals surface area contributed by atoms with Crippen LogP contribution in [0.4, 0.5) is 22.7 Å². The molecule has 0 amide bonds. The van der Waals surface area contributed by atoms with Gasteiger partial charge in [-0.25, -0.2) is 0 Å². The van der Waals surface area contributed by atoms with Crippen molar-refractivity contribution in [2.75, 3.05) is 6.61 Å². The molecule has 0 fully saturated rings. The molecule has 0 aliphatic heterocycles. The topological polar surface area (TPSA) is 188 Å². The van der Waals surface area contributed by atoms with Gasteiger partial charge in [0.25, 0.3) is 20.2 Å². The first-order valence-electron chi connectivity index (χ1n) is 13.8. The summed E-state index contributed by atoms with van der Waals surface area (Å²) in [6.45, 7) is 6.24. The summed E-state index contributed by atoms with van der Waals surface area (Å²) in [5.74, 6) is 0.296. The monoisotopic (exact) mass is 660 g/mol. The van der Waals surface area contributed by atoms with Crippen molar-refractivity contribution in [3.05, 3.63) is 96.1 Å². The summed E-state index contributed by atoms with van der Waals surface area (Å²) in [7, 11) is -9.83. The Labute approximate surface area is 265 Å². The van der Waals surface area contributed by atoms with Gasteiger partial charge in [-0.05, 0) is 115 Å². The van der Waals surface area contributed by atoms with Crippen LogP contribution in [0.1, 0.15) is 18.1 Å². The molecule has 0 radical (unpaired) electrons. The van der Waals surface area contributed by atoms with Crippen molar-refractivity contribution in [1.82, 2.24) is 0 Å². The van der Waals surface area contributed by atoms with Crippen molar-refractivity contribution in [3.8, 4) is 22.6 Å². The second-order valence-corrected chi connectivity index (χ2v) is 13.0. The number of phenols is 1. The Morgan fingerprint density at radius 3 is 1.78 bits per heavy atom. The third kappa shape index (κ3) is 7.10. The highest BCUT2D eigenvalue weighted by atomic mass is 32.2. The van der Waals surface area contributed by atoms with Crippen LogP contribution in [-0.2, 0) is 20.2 Å². The van der Waals surface area contributed by atoms with E-state index < -0.39 is 35.8 Å². The molecule has 0 heterocycles. The summed E-state index contributed by atoms with van der Waals surface area (Å²) in [4.78, 5) is -1.63. The van der Waals surface area contributed by atoms with Crippen molar-refractivity contribution in [2.24, 2.45) is 20.5 Å². The fourth-order valence-corrected chi connectivity index (χ4v) is 6.08. The zero-order valence-corrected chi connectivity index (χ0v) is 26.4. The van der Waals surface area contributed by atoms with Crippen LogP contribution in [0.2, 0.25) is 0 Å². The van der Waals surface area contributed by atoms with Crippen LogP contribution in [0.3, 0.4) is 0 Å². The molecule has 0 bridgehead atoms. The number of aromatic hydroxyl groups is 1. The molecule has 3 N–H and O–H groups in total. The van der Waals surface area contributed by atoms with Gasteiger partial charge in [-0.2, -0.15) is 32.2 Å². The molecule has 5 aromatic carbocycles. The molecule has 0 saturated heterocycles. The minimum Gasteiger partial charge on any atom is -0.506 e. The normalized spacial score (nSPS) is 12.4. The highest BCUT2D eigenvalue weighted by Gasteiger charge is 2.24. The molecule has 0 atom stereocenters. The molecule has 236 valence electrons. The van der Waals surface area contributed by atoms with Crippen LogP contribution >= 0.6 is 0 Å². The van der Waals surface area contributed by atoms with E-state index in [9.17, 15) is 31.0 Å². The number of hydrogen-bond acceptors (Lipinski definition) is 10. The minimum absolute atomic E-state index is 0.0283. The number of azo groups is 2. The molecule has 0 unspecified atom stereocenters. The summed E-state index contributed by atoms with van der Waals surface area (Å²) in [6.07, 6.45) is 0. The Bertz CT molecular complexity index is 2250. The third-order valence-electron chi connectivity index (χ3n) is 6.99. The van der Waals surface area contributed by atoms with Crippen molar-refractivity contribution in [1.29, 1.82) is 0 Å². The predicted octanol–water partition coefficient (Wildman–Crippen LogP) is 8.55. The van der Waals surface area contributed by atoms with Gasteiger partial charge in [-0.15, -0.1) is 5.11 Å². The van der Waals surface area contributed by atoms with Crippen molar-refractivity contribution in [2.45, 2.75) is 30.6 Å². The predicted molar refractivity (Wildman–Crippen MR) is 173 cm³/mol. The summed E-state index contributed by atoms with van der Waals surface area (Å²) in [5.41, 5.74) is 4.91. The summed E-state index contributed by atoms with van der Waals surface area (Å²) in [6, 6.07) is 22.5. The molecule has 0 spiro atoms. The van der Waals surface area contributed by atoms with Crippen LogP contribution < -0.4 is 4.74 Å². The van der Waals surface area contributed by atoms with E-state index in [2.05, 4.69) is 20.5 Å². The van der Waals surface area contributed by atoms with Crippen LogP contribution in [0.25, 0.3) is 21.9 Å². The fraction of sp³-hybridized carbons (Fsp3) is 0.125. The molecule has 46 heavy (non-hydrogen) atoms. The van der Waals surface area contributed by atoms with E-state index in [0.29, 0.717) is 35.3 Å². The van der Waals surface area contributed by atoms with E-state index in [4.69, 9.17) is 4.74 Å². The average Bonchev–Trinajstić information content (AvgIpc) is 3.00.